The van der Waals surface area contributed by atoms with Crippen LogP contribution in [0.2, 0.25) is 0 Å². The van der Waals surface area contributed by atoms with Crippen LogP contribution in [0.15, 0.2) is 53.1 Å². The van der Waals surface area contributed by atoms with Crippen LogP contribution in [0.25, 0.3) is 16.8 Å². The molecule has 1 heterocycles. The molecule has 0 spiro atoms. The number of carbonyl (C=O) groups is 1. The molecule has 1 aromatic heterocycles. The molecule has 1 aliphatic rings. The van der Waals surface area contributed by atoms with Crippen molar-refractivity contribution >= 4 is 11.5 Å². The van der Waals surface area contributed by atoms with Gasteiger partial charge in [-0.1, -0.05) is 37.2 Å². The molecule has 6 nitrogen and oxygen atoms in total. The van der Waals surface area contributed by atoms with E-state index in [0.29, 0.717) is 34.9 Å². The molecule has 0 fully saturated rings. The molecule has 0 unspecified atom stereocenters. The summed E-state index contributed by atoms with van der Waals surface area (Å²) in [4.78, 5) is 10.9. The Bertz CT molecular complexity index is 1230. The van der Waals surface area contributed by atoms with Gasteiger partial charge in [-0.15, -0.1) is 0 Å². The van der Waals surface area contributed by atoms with Gasteiger partial charge < -0.3 is 19.1 Å². The summed E-state index contributed by atoms with van der Waals surface area (Å²) >= 11 is 0. The third-order valence-corrected chi connectivity index (χ3v) is 6.20. The predicted molar refractivity (Wildman–Crippen MR) is 126 cm³/mol. The summed E-state index contributed by atoms with van der Waals surface area (Å²) < 4.78 is 31.9. The Kier molecular flexibility index (Phi) is 6.72. The lowest BCUT2D eigenvalue weighted by Gasteiger charge is -2.23. The molecule has 0 bridgehead atoms. The van der Waals surface area contributed by atoms with E-state index in [1.54, 1.807) is 12.1 Å². The number of hydrogen-bond acceptors (Lipinski definition) is 5. The second kappa shape index (κ2) is 9.71. The van der Waals surface area contributed by atoms with Crippen molar-refractivity contribution in [3.63, 3.8) is 0 Å². The molecule has 0 radical (unpaired) electrons. The first-order valence-electron chi connectivity index (χ1n) is 11.3. The summed E-state index contributed by atoms with van der Waals surface area (Å²) in [5, 5.41) is 13.2. The van der Waals surface area contributed by atoms with Crippen LogP contribution in [0.5, 0.6) is 11.5 Å². The molecule has 0 saturated carbocycles. The highest BCUT2D eigenvalue weighted by molar-refractivity contribution is 5.83. The van der Waals surface area contributed by atoms with E-state index in [-0.39, 0.29) is 18.4 Å². The number of aromatic nitrogens is 1. The number of nitrogens with zero attached hydrogens (tertiary/aromatic N) is 1. The average Bonchev–Trinajstić information content (AvgIpc) is 3.38. The molecule has 178 valence electrons. The van der Waals surface area contributed by atoms with Gasteiger partial charge in [0.15, 0.2) is 5.76 Å². The Morgan fingerprint density at radius 2 is 2.03 bits per heavy atom. The van der Waals surface area contributed by atoms with Gasteiger partial charge in [0.1, 0.15) is 29.6 Å². The van der Waals surface area contributed by atoms with Crippen molar-refractivity contribution in [1.29, 1.82) is 0 Å². The third-order valence-electron chi connectivity index (χ3n) is 6.20. The van der Waals surface area contributed by atoms with Crippen LogP contribution in [-0.2, 0) is 17.8 Å². The topological polar surface area (TPSA) is 81.8 Å². The number of carboxylic acid groups (broad SMARTS) is 1. The molecule has 1 N–H and O–H groups in total. The summed E-state index contributed by atoms with van der Waals surface area (Å²) in [7, 11) is 1.53. The molecule has 3 aromatic rings. The van der Waals surface area contributed by atoms with E-state index in [9.17, 15) is 9.18 Å². The van der Waals surface area contributed by atoms with Crippen LogP contribution < -0.4 is 9.47 Å². The zero-order chi connectivity index (χ0) is 24.3. The number of halogens is 1. The van der Waals surface area contributed by atoms with Crippen molar-refractivity contribution in [2.45, 2.75) is 46.1 Å². The van der Waals surface area contributed by atoms with Crippen LogP contribution >= 0.6 is 0 Å². The van der Waals surface area contributed by atoms with E-state index in [1.165, 1.54) is 13.2 Å². The van der Waals surface area contributed by atoms with Crippen molar-refractivity contribution in [1.82, 2.24) is 5.16 Å². The number of allylic oxidation sites excluding steroid dienone is 2. The van der Waals surface area contributed by atoms with Gasteiger partial charge in [-0.2, -0.15) is 0 Å². The summed E-state index contributed by atoms with van der Waals surface area (Å²) in [6.07, 6.45) is 4.51. The highest BCUT2D eigenvalue weighted by Gasteiger charge is 2.34. The molecule has 0 saturated heterocycles. The monoisotopic (exact) mass is 465 g/mol. The van der Waals surface area contributed by atoms with Gasteiger partial charge in [0.2, 0.25) is 0 Å². The van der Waals surface area contributed by atoms with Crippen molar-refractivity contribution in [3.05, 3.63) is 71.2 Å². The van der Waals surface area contributed by atoms with Crippen molar-refractivity contribution in [3.8, 4) is 22.8 Å². The molecule has 0 atom stereocenters. The number of hydrogen-bond donors (Lipinski definition) is 1. The normalized spacial score (nSPS) is 14.6. The standard InChI is InChI=1S/C27H28FNO5/c1-27(2)13-5-8-21(27)25-23(16-33-19-7-4-6-17(14-19)9-12-24(30)31)34-29-26(25)20-15-18(32-3)10-11-22(20)28/h4,6-8,10-11,14-15H,5,9,12-13,16H2,1-3H3,(H,30,31). The summed E-state index contributed by atoms with van der Waals surface area (Å²) in [5.41, 5.74) is 3.28. The number of ether oxygens (including phenoxy) is 2. The summed E-state index contributed by atoms with van der Waals surface area (Å²) in [5.74, 6) is 0.377. The Hall–Kier alpha value is -3.61. The average molecular weight is 466 g/mol. The van der Waals surface area contributed by atoms with E-state index in [2.05, 4.69) is 25.1 Å². The molecular weight excluding hydrogens is 437 g/mol. The van der Waals surface area contributed by atoms with Crippen molar-refractivity contribution in [2.24, 2.45) is 5.41 Å². The molecular formula is C27H28FNO5. The lowest BCUT2D eigenvalue weighted by atomic mass is 9.80. The highest BCUT2D eigenvalue weighted by Crippen LogP contribution is 2.48. The number of carboxylic acids is 1. The van der Waals surface area contributed by atoms with Gasteiger partial charge >= 0.3 is 5.97 Å². The third kappa shape index (κ3) is 4.98. The van der Waals surface area contributed by atoms with Crippen LogP contribution in [0, 0.1) is 11.2 Å². The number of benzene rings is 2. The molecule has 7 heteroatoms. The number of rotatable bonds is 9. The predicted octanol–water partition coefficient (Wildman–Crippen LogP) is 6.29. The number of aliphatic carboxylic acids is 1. The molecule has 0 aliphatic heterocycles. The lowest BCUT2D eigenvalue weighted by Crippen LogP contribution is -2.11. The van der Waals surface area contributed by atoms with Gasteiger partial charge in [-0.3, -0.25) is 4.79 Å². The van der Waals surface area contributed by atoms with E-state index in [1.807, 2.05) is 24.3 Å². The Balaban J connectivity index is 1.68. The van der Waals surface area contributed by atoms with Gasteiger partial charge in [0.25, 0.3) is 0 Å². The van der Waals surface area contributed by atoms with Gasteiger partial charge in [0, 0.05) is 12.0 Å². The van der Waals surface area contributed by atoms with Crippen molar-refractivity contribution in [2.75, 3.05) is 7.11 Å². The fraction of sp³-hybridized carbons (Fsp3) is 0.333. The first kappa shape index (κ1) is 23.5. The number of methoxy groups -OCH3 is 1. The maximum absolute atomic E-state index is 14.9. The molecule has 1 aliphatic carbocycles. The fourth-order valence-electron chi connectivity index (χ4n) is 4.32. The van der Waals surface area contributed by atoms with E-state index in [4.69, 9.17) is 19.1 Å². The maximum Gasteiger partial charge on any atom is 0.303 e. The SMILES string of the molecule is COc1ccc(F)c(-c2noc(COc3cccc(CCC(=O)O)c3)c2C2=CCCC2(C)C)c1. The fourth-order valence-corrected chi connectivity index (χ4v) is 4.32. The van der Waals surface area contributed by atoms with E-state index >= 15 is 0 Å². The minimum atomic E-state index is -0.845. The smallest absolute Gasteiger partial charge is 0.303 e. The lowest BCUT2D eigenvalue weighted by molar-refractivity contribution is -0.136. The molecule has 0 amide bonds. The largest absolute Gasteiger partial charge is 0.497 e. The van der Waals surface area contributed by atoms with E-state index < -0.39 is 11.8 Å². The first-order valence-corrected chi connectivity index (χ1v) is 11.3. The number of aryl methyl sites for hydroxylation is 1. The van der Waals surface area contributed by atoms with E-state index in [0.717, 1.165) is 29.5 Å². The quantitative estimate of drug-likeness (QED) is 0.400. The van der Waals surface area contributed by atoms with Gasteiger partial charge in [0.05, 0.1) is 12.7 Å². The van der Waals surface area contributed by atoms with Crippen LogP contribution in [0.1, 0.15) is 50.0 Å². The molecule has 2 aromatic carbocycles. The second-order valence-corrected chi connectivity index (χ2v) is 9.05. The minimum absolute atomic E-state index is 0.0500. The Labute approximate surface area is 198 Å². The zero-order valence-electron chi connectivity index (χ0n) is 19.6. The summed E-state index contributed by atoms with van der Waals surface area (Å²) in [6, 6.07) is 11.9. The van der Waals surface area contributed by atoms with Gasteiger partial charge in [-0.25, -0.2) is 4.39 Å². The second-order valence-electron chi connectivity index (χ2n) is 9.05. The summed E-state index contributed by atoms with van der Waals surface area (Å²) in [6.45, 7) is 4.41. The Morgan fingerprint density at radius 1 is 1.21 bits per heavy atom. The van der Waals surface area contributed by atoms with Crippen molar-refractivity contribution < 1.29 is 28.3 Å². The minimum Gasteiger partial charge on any atom is -0.497 e. The maximum atomic E-state index is 14.9. The molecule has 34 heavy (non-hydrogen) atoms. The molecule has 4 rings (SSSR count). The first-order chi connectivity index (χ1) is 16.3. The zero-order valence-corrected chi connectivity index (χ0v) is 19.6. The highest BCUT2D eigenvalue weighted by atomic mass is 19.1. The van der Waals surface area contributed by atoms with Crippen LogP contribution in [0.3, 0.4) is 0 Å². The van der Waals surface area contributed by atoms with Crippen LogP contribution in [0.4, 0.5) is 4.39 Å². The van der Waals surface area contributed by atoms with Crippen LogP contribution in [-0.4, -0.2) is 23.3 Å². The Morgan fingerprint density at radius 3 is 2.74 bits per heavy atom. The van der Waals surface area contributed by atoms with Gasteiger partial charge in [-0.05, 0) is 66.1 Å².